The highest BCUT2D eigenvalue weighted by Crippen LogP contribution is 2.13. The molecule has 0 fully saturated rings. The van der Waals surface area contributed by atoms with Gasteiger partial charge in [0.2, 0.25) is 0 Å². The topological polar surface area (TPSA) is 48.7 Å². The van der Waals surface area contributed by atoms with Crippen molar-refractivity contribution in [1.82, 2.24) is 4.98 Å². The van der Waals surface area contributed by atoms with E-state index in [-0.39, 0.29) is 0 Å². The molecule has 0 radical (unpaired) electrons. The van der Waals surface area contributed by atoms with Crippen molar-refractivity contribution in [2.24, 2.45) is 0 Å². The van der Waals surface area contributed by atoms with Crippen LogP contribution in [0.15, 0.2) is 42.6 Å². The molecule has 0 bridgehead atoms. The van der Waals surface area contributed by atoms with E-state index in [1.807, 2.05) is 24.3 Å². The monoisotopic (exact) mass is 243 g/mol. The van der Waals surface area contributed by atoms with Crippen LogP contribution in [0.25, 0.3) is 0 Å². The molecule has 0 aliphatic heterocycles. The van der Waals surface area contributed by atoms with Crippen molar-refractivity contribution < 1.29 is 0 Å². The molecule has 84 valence electrons. The molecule has 0 atom stereocenters. The molecule has 0 aliphatic rings. The lowest BCUT2D eigenvalue weighted by atomic mass is 10.1. The van der Waals surface area contributed by atoms with Gasteiger partial charge < -0.3 is 5.32 Å². The average Bonchev–Trinajstić information content (AvgIpc) is 2.37. The third kappa shape index (κ3) is 3.20. The van der Waals surface area contributed by atoms with E-state index in [9.17, 15) is 0 Å². The minimum atomic E-state index is 0.459. The number of halogens is 1. The highest BCUT2D eigenvalue weighted by atomic mass is 35.5. The Kier molecular flexibility index (Phi) is 3.59. The smallest absolute Gasteiger partial charge is 0.131 e. The van der Waals surface area contributed by atoms with Crippen LogP contribution in [0.3, 0.4) is 0 Å². The SMILES string of the molecule is N#Cc1cccc(CNc2ccnc(Cl)c2)c1. The normalized spacial score (nSPS) is 9.65. The second-order valence-corrected chi connectivity index (χ2v) is 3.92. The van der Waals surface area contributed by atoms with Gasteiger partial charge in [-0.15, -0.1) is 0 Å². The molecule has 2 aromatic rings. The van der Waals surface area contributed by atoms with E-state index in [4.69, 9.17) is 16.9 Å². The predicted octanol–water partition coefficient (Wildman–Crippen LogP) is 3.22. The van der Waals surface area contributed by atoms with Gasteiger partial charge in [-0.05, 0) is 29.8 Å². The van der Waals surface area contributed by atoms with Gasteiger partial charge in [0.25, 0.3) is 0 Å². The Balaban J connectivity index is 2.05. The molecular weight excluding hydrogens is 234 g/mol. The second-order valence-electron chi connectivity index (χ2n) is 3.53. The summed E-state index contributed by atoms with van der Waals surface area (Å²) >= 11 is 5.78. The zero-order valence-corrected chi connectivity index (χ0v) is 9.78. The number of nitriles is 1. The quantitative estimate of drug-likeness (QED) is 0.842. The molecule has 4 heteroatoms. The van der Waals surface area contributed by atoms with Crippen LogP contribution >= 0.6 is 11.6 Å². The zero-order chi connectivity index (χ0) is 12.1. The largest absolute Gasteiger partial charge is 0.381 e. The average molecular weight is 244 g/mol. The molecule has 1 N–H and O–H groups in total. The molecule has 0 saturated carbocycles. The lowest BCUT2D eigenvalue weighted by molar-refractivity contribution is 1.14. The number of nitrogens with one attached hydrogen (secondary N) is 1. The molecule has 0 unspecified atom stereocenters. The Hall–Kier alpha value is -2.05. The zero-order valence-electron chi connectivity index (χ0n) is 9.02. The van der Waals surface area contributed by atoms with E-state index in [1.165, 1.54) is 0 Å². The summed E-state index contributed by atoms with van der Waals surface area (Å²) < 4.78 is 0. The number of nitrogens with zero attached hydrogens (tertiary/aromatic N) is 2. The van der Waals surface area contributed by atoms with E-state index in [2.05, 4.69) is 16.4 Å². The summed E-state index contributed by atoms with van der Waals surface area (Å²) in [6, 6.07) is 13.2. The fourth-order valence-electron chi connectivity index (χ4n) is 1.47. The van der Waals surface area contributed by atoms with Gasteiger partial charge in [0.05, 0.1) is 11.6 Å². The number of benzene rings is 1. The van der Waals surface area contributed by atoms with Gasteiger partial charge in [-0.1, -0.05) is 23.7 Å². The lowest BCUT2D eigenvalue weighted by Gasteiger charge is -2.06. The van der Waals surface area contributed by atoms with E-state index >= 15 is 0 Å². The van der Waals surface area contributed by atoms with Gasteiger partial charge in [0.15, 0.2) is 0 Å². The van der Waals surface area contributed by atoms with Crippen molar-refractivity contribution in [2.75, 3.05) is 5.32 Å². The number of anilines is 1. The Morgan fingerprint density at radius 1 is 1.29 bits per heavy atom. The van der Waals surface area contributed by atoms with Crippen LogP contribution in [-0.2, 0) is 6.54 Å². The first-order valence-electron chi connectivity index (χ1n) is 5.12. The molecule has 1 heterocycles. The highest BCUT2D eigenvalue weighted by molar-refractivity contribution is 6.29. The van der Waals surface area contributed by atoms with Gasteiger partial charge in [-0.3, -0.25) is 0 Å². The standard InChI is InChI=1S/C13H10ClN3/c14-13-7-12(4-5-16-13)17-9-11-3-1-2-10(6-11)8-15/h1-7H,9H2,(H,16,17). The van der Waals surface area contributed by atoms with Gasteiger partial charge >= 0.3 is 0 Å². The molecule has 0 aliphatic carbocycles. The second kappa shape index (κ2) is 5.33. The molecule has 17 heavy (non-hydrogen) atoms. The first kappa shape index (κ1) is 11.4. The molecule has 0 spiro atoms. The van der Waals surface area contributed by atoms with Crippen LogP contribution in [0.2, 0.25) is 5.15 Å². The molecule has 3 nitrogen and oxygen atoms in total. The Bertz CT molecular complexity index is 561. The number of rotatable bonds is 3. The maximum Gasteiger partial charge on any atom is 0.131 e. The number of aromatic nitrogens is 1. The lowest BCUT2D eigenvalue weighted by Crippen LogP contribution is -1.99. The first-order chi connectivity index (χ1) is 8.28. The molecule has 0 saturated heterocycles. The van der Waals surface area contributed by atoms with Crippen LogP contribution in [0.1, 0.15) is 11.1 Å². The van der Waals surface area contributed by atoms with Crippen LogP contribution in [0, 0.1) is 11.3 Å². The number of hydrogen-bond donors (Lipinski definition) is 1. The van der Waals surface area contributed by atoms with Crippen molar-refractivity contribution in [3.05, 3.63) is 58.9 Å². The molecule has 0 amide bonds. The van der Waals surface area contributed by atoms with Gasteiger partial charge in [0, 0.05) is 18.4 Å². The minimum Gasteiger partial charge on any atom is -0.381 e. The Labute approximate surface area is 105 Å². The summed E-state index contributed by atoms with van der Waals surface area (Å²) in [5.41, 5.74) is 2.63. The Morgan fingerprint density at radius 2 is 2.18 bits per heavy atom. The predicted molar refractivity (Wildman–Crippen MR) is 67.7 cm³/mol. The van der Waals surface area contributed by atoms with Crippen LogP contribution in [0.4, 0.5) is 5.69 Å². The van der Waals surface area contributed by atoms with E-state index in [1.54, 1.807) is 18.3 Å². The number of pyridine rings is 1. The van der Waals surface area contributed by atoms with Crippen molar-refractivity contribution >= 4 is 17.3 Å². The van der Waals surface area contributed by atoms with Crippen LogP contribution in [0.5, 0.6) is 0 Å². The molecular formula is C13H10ClN3. The van der Waals surface area contributed by atoms with Crippen LogP contribution < -0.4 is 5.32 Å². The summed E-state index contributed by atoms with van der Waals surface area (Å²) in [5, 5.41) is 12.5. The third-order valence-corrected chi connectivity index (χ3v) is 2.49. The van der Waals surface area contributed by atoms with E-state index < -0.39 is 0 Å². The maximum absolute atomic E-state index is 8.79. The maximum atomic E-state index is 8.79. The molecule has 1 aromatic heterocycles. The van der Waals surface area contributed by atoms with Gasteiger partial charge in [-0.25, -0.2) is 4.98 Å². The minimum absolute atomic E-state index is 0.459. The van der Waals surface area contributed by atoms with Crippen molar-refractivity contribution in [2.45, 2.75) is 6.54 Å². The van der Waals surface area contributed by atoms with Gasteiger partial charge in [0.1, 0.15) is 5.15 Å². The highest BCUT2D eigenvalue weighted by Gasteiger charge is 1.97. The first-order valence-corrected chi connectivity index (χ1v) is 5.50. The fourth-order valence-corrected chi connectivity index (χ4v) is 1.64. The van der Waals surface area contributed by atoms with Crippen molar-refractivity contribution in [1.29, 1.82) is 5.26 Å². The number of hydrogen-bond acceptors (Lipinski definition) is 3. The van der Waals surface area contributed by atoms with Gasteiger partial charge in [-0.2, -0.15) is 5.26 Å². The fraction of sp³-hybridized carbons (Fsp3) is 0.0769. The summed E-state index contributed by atoms with van der Waals surface area (Å²) in [6.07, 6.45) is 1.65. The van der Waals surface area contributed by atoms with Crippen molar-refractivity contribution in [3.8, 4) is 6.07 Å². The summed E-state index contributed by atoms with van der Waals surface area (Å²) in [6.45, 7) is 0.649. The van der Waals surface area contributed by atoms with Crippen LogP contribution in [-0.4, -0.2) is 4.98 Å². The van der Waals surface area contributed by atoms with E-state index in [0.29, 0.717) is 17.3 Å². The third-order valence-electron chi connectivity index (χ3n) is 2.28. The summed E-state index contributed by atoms with van der Waals surface area (Å²) in [4.78, 5) is 3.90. The summed E-state index contributed by atoms with van der Waals surface area (Å²) in [7, 11) is 0. The molecule has 2 rings (SSSR count). The molecule has 1 aromatic carbocycles. The summed E-state index contributed by atoms with van der Waals surface area (Å²) in [5.74, 6) is 0. The van der Waals surface area contributed by atoms with Crippen molar-refractivity contribution in [3.63, 3.8) is 0 Å². The Morgan fingerprint density at radius 3 is 2.94 bits per heavy atom. The van der Waals surface area contributed by atoms with E-state index in [0.717, 1.165) is 11.3 Å².